The van der Waals surface area contributed by atoms with E-state index in [0.717, 1.165) is 5.69 Å². The molecule has 2 N–H and O–H groups in total. The fourth-order valence-electron chi connectivity index (χ4n) is 2.03. The van der Waals surface area contributed by atoms with E-state index < -0.39 is 0 Å². The lowest BCUT2D eigenvalue weighted by molar-refractivity contribution is -0.120. The number of hydrogen-bond acceptors (Lipinski definition) is 4. The minimum Gasteiger partial charge on any atom is -0.353 e. The monoisotopic (exact) mass is 304 g/mol. The molecule has 0 unspecified atom stereocenters. The standard InChI is InChI=1S/C14H20N6O2/c1-3-20-12(8-11(2)18-20)14(22)17-9-13(21)16-5-7-19-6-4-15-10-19/h4,6,8,10H,3,5,7,9H2,1-2H3,(H,16,21)(H,17,22). The van der Waals surface area contributed by atoms with Crippen LogP contribution >= 0.6 is 0 Å². The predicted octanol–water partition coefficient (Wildman–Crippen LogP) is -0.0459. The van der Waals surface area contributed by atoms with Gasteiger partial charge in [-0.3, -0.25) is 14.3 Å². The molecule has 2 heterocycles. The van der Waals surface area contributed by atoms with E-state index in [1.54, 1.807) is 23.3 Å². The molecule has 2 amide bonds. The summed E-state index contributed by atoms with van der Waals surface area (Å²) in [6.45, 7) is 5.40. The summed E-state index contributed by atoms with van der Waals surface area (Å²) in [5.74, 6) is -0.528. The summed E-state index contributed by atoms with van der Waals surface area (Å²) >= 11 is 0. The second kappa shape index (κ2) is 7.39. The summed E-state index contributed by atoms with van der Waals surface area (Å²) in [6.07, 6.45) is 5.19. The molecule has 118 valence electrons. The normalized spacial score (nSPS) is 10.5. The average Bonchev–Trinajstić information content (AvgIpc) is 3.14. The Morgan fingerprint density at radius 1 is 1.32 bits per heavy atom. The van der Waals surface area contributed by atoms with Crippen molar-refractivity contribution in [3.05, 3.63) is 36.2 Å². The quantitative estimate of drug-likeness (QED) is 0.750. The van der Waals surface area contributed by atoms with Gasteiger partial charge in [-0.05, 0) is 19.9 Å². The summed E-state index contributed by atoms with van der Waals surface area (Å²) in [4.78, 5) is 27.6. The first-order valence-electron chi connectivity index (χ1n) is 7.15. The molecule has 8 heteroatoms. The molecule has 0 aliphatic carbocycles. The van der Waals surface area contributed by atoms with Crippen LogP contribution in [0, 0.1) is 6.92 Å². The molecule has 0 saturated carbocycles. The molecule has 22 heavy (non-hydrogen) atoms. The van der Waals surface area contributed by atoms with Crippen LogP contribution in [0.25, 0.3) is 0 Å². The average molecular weight is 304 g/mol. The van der Waals surface area contributed by atoms with E-state index in [9.17, 15) is 9.59 Å². The van der Waals surface area contributed by atoms with Crippen molar-refractivity contribution in [3.8, 4) is 0 Å². The van der Waals surface area contributed by atoms with Crippen LogP contribution in [-0.4, -0.2) is 44.2 Å². The number of nitrogens with zero attached hydrogens (tertiary/aromatic N) is 4. The maximum absolute atomic E-state index is 12.0. The lowest BCUT2D eigenvalue weighted by atomic mass is 10.3. The lowest BCUT2D eigenvalue weighted by Crippen LogP contribution is -2.38. The largest absolute Gasteiger partial charge is 0.353 e. The summed E-state index contributed by atoms with van der Waals surface area (Å²) in [7, 11) is 0. The first kappa shape index (κ1) is 15.7. The minimum atomic E-state index is -0.299. The van der Waals surface area contributed by atoms with Gasteiger partial charge in [0, 0.05) is 32.0 Å². The van der Waals surface area contributed by atoms with Crippen LogP contribution < -0.4 is 10.6 Å². The van der Waals surface area contributed by atoms with Gasteiger partial charge in [-0.25, -0.2) is 4.98 Å². The van der Waals surface area contributed by atoms with Gasteiger partial charge in [0.1, 0.15) is 5.69 Å². The molecule has 0 spiro atoms. The van der Waals surface area contributed by atoms with Gasteiger partial charge < -0.3 is 15.2 Å². The summed E-state index contributed by atoms with van der Waals surface area (Å²) in [5, 5.41) is 9.54. The van der Waals surface area contributed by atoms with Crippen LogP contribution in [0.3, 0.4) is 0 Å². The molecule has 0 atom stereocenters. The van der Waals surface area contributed by atoms with E-state index in [2.05, 4.69) is 20.7 Å². The fourth-order valence-corrected chi connectivity index (χ4v) is 2.03. The van der Waals surface area contributed by atoms with Crippen LogP contribution in [-0.2, 0) is 17.9 Å². The van der Waals surface area contributed by atoms with E-state index in [4.69, 9.17) is 0 Å². The number of nitrogens with one attached hydrogen (secondary N) is 2. The summed E-state index contributed by atoms with van der Waals surface area (Å²) < 4.78 is 3.48. The van der Waals surface area contributed by atoms with Crippen molar-refractivity contribution in [1.82, 2.24) is 30.0 Å². The van der Waals surface area contributed by atoms with Crippen molar-refractivity contribution in [3.63, 3.8) is 0 Å². The number of aromatic nitrogens is 4. The van der Waals surface area contributed by atoms with Crippen molar-refractivity contribution < 1.29 is 9.59 Å². The molecule has 0 aromatic carbocycles. The van der Waals surface area contributed by atoms with Gasteiger partial charge in [0.15, 0.2) is 0 Å². The maximum Gasteiger partial charge on any atom is 0.269 e. The highest BCUT2D eigenvalue weighted by Crippen LogP contribution is 2.03. The highest BCUT2D eigenvalue weighted by atomic mass is 16.2. The molecular formula is C14H20N6O2. The van der Waals surface area contributed by atoms with Crippen LogP contribution in [0.5, 0.6) is 0 Å². The van der Waals surface area contributed by atoms with E-state index in [1.807, 2.05) is 24.6 Å². The zero-order chi connectivity index (χ0) is 15.9. The number of amides is 2. The van der Waals surface area contributed by atoms with E-state index in [1.165, 1.54) is 0 Å². The lowest BCUT2D eigenvalue weighted by Gasteiger charge is -2.08. The number of carbonyl (C=O) groups excluding carboxylic acids is 2. The number of rotatable bonds is 7. The summed E-state index contributed by atoms with van der Waals surface area (Å²) in [6, 6.07) is 1.70. The summed E-state index contributed by atoms with van der Waals surface area (Å²) in [5.41, 5.74) is 1.24. The van der Waals surface area contributed by atoms with Gasteiger partial charge in [-0.1, -0.05) is 0 Å². The zero-order valence-corrected chi connectivity index (χ0v) is 12.7. The number of imidazole rings is 1. The molecular weight excluding hydrogens is 284 g/mol. The van der Waals surface area contributed by atoms with Crippen LogP contribution in [0.15, 0.2) is 24.8 Å². The third kappa shape index (κ3) is 4.18. The fraction of sp³-hybridized carbons (Fsp3) is 0.429. The molecule has 0 radical (unpaired) electrons. The number of hydrogen-bond donors (Lipinski definition) is 2. The Bertz CT molecular complexity index is 632. The second-order valence-corrected chi connectivity index (χ2v) is 4.82. The molecule has 0 saturated heterocycles. The third-order valence-corrected chi connectivity index (χ3v) is 3.10. The van der Waals surface area contributed by atoms with E-state index >= 15 is 0 Å². The van der Waals surface area contributed by atoms with Gasteiger partial charge >= 0.3 is 0 Å². The Morgan fingerprint density at radius 3 is 2.82 bits per heavy atom. The topological polar surface area (TPSA) is 93.8 Å². The van der Waals surface area contributed by atoms with E-state index in [0.29, 0.717) is 25.3 Å². The minimum absolute atomic E-state index is 0.0588. The maximum atomic E-state index is 12.0. The molecule has 0 fully saturated rings. The Balaban J connectivity index is 1.74. The first-order valence-corrected chi connectivity index (χ1v) is 7.15. The highest BCUT2D eigenvalue weighted by Gasteiger charge is 2.13. The van der Waals surface area contributed by atoms with Crippen molar-refractivity contribution >= 4 is 11.8 Å². The molecule has 2 aromatic heterocycles. The first-order chi connectivity index (χ1) is 10.6. The zero-order valence-electron chi connectivity index (χ0n) is 12.7. The van der Waals surface area contributed by atoms with Gasteiger partial charge in [-0.15, -0.1) is 0 Å². The van der Waals surface area contributed by atoms with Crippen molar-refractivity contribution in [2.45, 2.75) is 26.9 Å². The van der Waals surface area contributed by atoms with Crippen molar-refractivity contribution in [1.29, 1.82) is 0 Å². The smallest absolute Gasteiger partial charge is 0.269 e. The number of aryl methyl sites for hydroxylation is 2. The molecule has 0 aliphatic rings. The molecule has 8 nitrogen and oxygen atoms in total. The molecule has 2 aromatic rings. The third-order valence-electron chi connectivity index (χ3n) is 3.10. The second-order valence-electron chi connectivity index (χ2n) is 4.82. The van der Waals surface area contributed by atoms with Crippen LogP contribution in [0.4, 0.5) is 0 Å². The Morgan fingerprint density at radius 2 is 2.14 bits per heavy atom. The molecule has 2 rings (SSSR count). The SMILES string of the molecule is CCn1nc(C)cc1C(=O)NCC(=O)NCCn1ccnc1. The van der Waals surface area contributed by atoms with Gasteiger partial charge in [-0.2, -0.15) is 5.10 Å². The van der Waals surface area contributed by atoms with Crippen molar-refractivity contribution in [2.75, 3.05) is 13.1 Å². The molecule has 0 bridgehead atoms. The van der Waals surface area contributed by atoms with Crippen LogP contribution in [0.2, 0.25) is 0 Å². The van der Waals surface area contributed by atoms with Gasteiger partial charge in [0.2, 0.25) is 5.91 Å². The van der Waals surface area contributed by atoms with Crippen LogP contribution in [0.1, 0.15) is 23.1 Å². The van der Waals surface area contributed by atoms with Gasteiger partial charge in [0.05, 0.1) is 18.6 Å². The predicted molar refractivity (Wildman–Crippen MR) is 80.2 cm³/mol. The van der Waals surface area contributed by atoms with E-state index in [-0.39, 0.29) is 18.4 Å². The highest BCUT2D eigenvalue weighted by molar-refractivity contribution is 5.95. The van der Waals surface area contributed by atoms with Gasteiger partial charge in [0.25, 0.3) is 5.91 Å². The number of carbonyl (C=O) groups is 2. The van der Waals surface area contributed by atoms with Crippen molar-refractivity contribution in [2.24, 2.45) is 0 Å². The molecule has 0 aliphatic heterocycles. The Labute approximate surface area is 128 Å². The Kier molecular flexibility index (Phi) is 5.29. The Hall–Kier alpha value is -2.64.